The Bertz CT molecular complexity index is 674. The van der Waals surface area contributed by atoms with E-state index >= 15 is 0 Å². The molecular formula is C13H17N4O2+. The van der Waals surface area contributed by atoms with Crippen molar-refractivity contribution < 1.29 is 9.30 Å². The fourth-order valence-electron chi connectivity index (χ4n) is 2.44. The first-order valence-electron chi connectivity index (χ1n) is 6.38. The summed E-state index contributed by atoms with van der Waals surface area (Å²) in [7, 11) is 1.97. The molecule has 0 unspecified atom stereocenters. The quantitative estimate of drug-likeness (QED) is 0.728. The minimum absolute atomic E-state index is 0.0855. The smallest absolute Gasteiger partial charge is 0.277 e. The van der Waals surface area contributed by atoms with Gasteiger partial charge in [-0.05, 0) is 6.92 Å². The first-order valence-corrected chi connectivity index (χ1v) is 6.38. The van der Waals surface area contributed by atoms with E-state index in [-0.39, 0.29) is 5.56 Å². The number of nitrogens with zero attached hydrogens (tertiary/aromatic N) is 3. The molecule has 6 heteroatoms. The van der Waals surface area contributed by atoms with Gasteiger partial charge in [-0.1, -0.05) is 0 Å². The highest BCUT2D eigenvalue weighted by Gasteiger charge is 2.22. The molecule has 0 bridgehead atoms. The van der Waals surface area contributed by atoms with E-state index in [0.29, 0.717) is 11.2 Å². The van der Waals surface area contributed by atoms with Crippen molar-refractivity contribution in [3.63, 3.8) is 0 Å². The lowest BCUT2D eigenvalue weighted by Gasteiger charge is -2.22. The fraction of sp³-hybridized carbons (Fsp3) is 0.462. The van der Waals surface area contributed by atoms with Crippen molar-refractivity contribution in [3.05, 3.63) is 28.4 Å². The Hall–Kier alpha value is -1.95. The van der Waals surface area contributed by atoms with Crippen molar-refractivity contribution in [1.82, 2.24) is 9.97 Å². The number of nitrogens with one attached hydrogen (secondary N) is 1. The molecule has 0 amide bonds. The molecule has 2 aromatic heterocycles. The Labute approximate surface area is 110 Å². The number of rotatable bonds is 1. The third-order valence-electron chi connectivity index (χ3n) is 3.39. The highest BCUT2D eigenvalue weighted by Crippen LogP contribution is 2.14. The second kappa shape index (κ2) is 4.62. The van der Waals surface area contributed by atoms with Crippen molar-refractivity contribution in [2.24, 2.45) is 7.05 Å². The number of anilines is 1. The molecule has 0 spiro atoms. The van der Waals surface area contributed by atoms with Crippen molar-refractivity contribution >= 4 is 16.7 Å². The summed E-state index contributed by atoms with van der Waals surface area (Å²) >= 11 is 0. The predicted octanol–water partition coefficient (Wildman–Crippen LogP) is -0.107. The van der Waals surface area contributed by atoms with Crippen LogP contribution in [0, 0.1) is 6.92 Å². The van der Waals surface area contributed by atoms with Gasteiger partial charge >= 0.3 is 0 Å². The van der Waals surface area contributed by atoms with E-state index in [1.807, 2.05) is 23.9 Å². The average molecular weight is 261 g/mol. The molecule has 1 aliphatic heterocycles. The van der Waals surface area contributed by atoms with Gasteiger partial charge in [-0.15, -0.1) is 0 Å². The molecule has 1 fully saturated rings. The van der Waals surface area contributed by atoms with Gasteiger partial charge in [0.05, 0.1) is 25.6 Å². The number of H-pyrrole nitrogens is 1. The molecule has 1 N–H and O–H groups in total. The maximum atomic E-state index is 12.0. The second-order valence-corrected chi connectivity index (χ2v) is 4.79. The number of pyridine rings is 1. The van der Waals surface area contributed by atoms with Crippen LogP contribution >= 0.6 is 0 Å². The molecular weight excluding hydrogens is 244 g/mol. The van der Waals surface area contributed by atoms with Gasteiger partial charge in [-0.25, -0.2) is 9.55 Å². The molecule has 0 radical (unpaired) electrons. The lowest BCUT2D eigenvalue weighted by molar-refractivity contribution is -0.657. The zero-order valence-corrected chi connectivity index (χ0v) is 11.1. The third-order valence-corrected chi connectivity index (χ3v) is 3.39. The van der Waals surface area contributed by atoms with Crippen LogP contribution < -0.4 is 15.0 Å². The minimum atomic E-state index is -0.0855. The molecule has 2 aromatic rings. The highest BCUT2D eigenvalue weighted by atomic mass is 16.5. The maximum Gasteiger partial charge on any atom is 0.277 e. The van der Waals surface area contributed by atoms with Gasteiger partial charge in [0.15, 0.2) is 0 Å². The van der Waals surface area contributed by atoms with Crippen LogP contribution in [0.3, 0.4) is 0 Å². The van der Waals surface area contributed by atoms with Crippen LogP contribution in [0.25, 0.3) is 10.9 Å². The van der Waals surface area contributed by atoms with Crippen LogP contribution in [0.2, 0.25) is 0 Å². The van der Waals surface area contributed by atoms with Gasteiger partial charge in [0.2, 0.25) is 0 Å². The topological polar surface area (TPSA) is 62.1 Å². The molecule has 0 atom stereocenters. The fourth-order valence-corrected chi connectivity index (χ4v) is 2.44. The molecule has 0 aliphatic carbocycles. The zero-order chi connectivity index (χ0) is 13.4. The summed E-state index contributed by atoms with van der Waals surface area (Å²) in [6.45, 7) is 4.92. The Morgan fingerprint density at radius 1 is 1.42 bits per heavy atom. The molecule has 19 heavy (non-hydrogen) atoms. The van der Waals surface area contributed by atoms with Gasteiger partial charge < -0.3 is 9.72 Å². The molecule has 0 aromatic carbocycles. The van der Waals surface area contributed by atoms with Gasteiger partial charge in [0.1, 0.15) is 30.6 Å². The van der Waals surface area contributed by atoms with E-state index in [1.54, 1.807) is 6.92 Å². The van der Waals surface area contributed by atoms with Crippen molar-refractivity contribution in [2.75, 3.05) is 31.2 Å². The summed E-state index contributed by atoms with van der Waals surface area (Å²) in [6.07, 6.45) is 1.91. The lowest BCUT2D eigenvalue weighted by Crippen LogP contribution is -2.44. The normalized spacial score (nSPS) is 16.0. The summed E-state index contributed by atoms with van der Waals surface area (Å²) in [5.74, 6) is 1.66. The maximum absolute atomic E-state index is 12.0. The average Bonchev–Trinajstić information content (AvgIpc) is 2.38. The van der Waals surface area contributed by atoms with Crippen LogP contribution in [-0.4, -0.2) is 36.3 Å². The van der Waals surface area contributed by atoms with E-state index in [2.05, 4.69) is 14.9 Å². The number of fused-ring (bicyclic) bond motifs is 1. The predicted molar refractivity (Wildman–Crippen MR) is 71.3 cm³/mol. The molecule has 3 heterocycles. The van der Waals surface area contributed by atoms with Crippen LogP contribution in [0.1, 0.15) is 5.82 Å². The van der Waals surface area contributed by atoms with Crippen LogP contribution in [0.5, 0.6) is 0 Å². The van der Waals surface area contributed by atoms with Gasteiger partial charge in [-0.2, -0.15) is 0 Å². The standard InChI is InChI=1S/C13H16N4O2/c1-9-14-11-8-16(2)12(7-10(11)13(18)15-9)17-3-5-19-6-4-17/h7-8H,3-6H2,1-2H3/p+1. The molecule has 1 aliphatic rings. The number of hydrogen-bond acceptors (Lipinski definition) is 4. The van der Waals surface area contributed by atoms with Crippen molar-refractivity contribution in [3.8, 4) is 0 Å². The SMILES string of the molecule is Cc1nc2c[n+](C)c(N3CCOCC3)cc2c(=O)[nH]1. The minimum Gasteiger partial charge on any atom is -0.373 e. The van der Waals surface area contributed by atoms with E-state index in [0.717, 1.165) is 37.6 Å². The molecule has 100 valence electrons. The van der Waals surface area contributed by atoms with E-state index in [4.69, 9.17) is 4.74 Å². The Kier molecular flexibility index (Phi) is 2.94. The Morgan fingerprint density at radius 3 is 2.89 bits per heavy atom. The van der Waals surface area contributed by atoms with Gasteiger partial charge in [0, 0.05) is 6.07 Å². The first kappa shape index (κ1) is 12.1. The number of morpholine rings is 1. The summed E-state index contributed by atoms with van der Waals surface area (Å²) in [5, 5.41) is 0.630. The molecule has 3 rings (SSSR count). The highest BCUT2D eigenvalue weighted by molar-refractivity contribution is 5.78. The van der Waals surface area contributed by atoms with E-state index in [1.165, 1.54) is 0 Å². The molecule has 6 nitrogen and oxygen atoms in total. The van der Waals surface area contributed by atoms with Crippen molar-refractivity contribution in [1.29, 1.82) is 0 Å². The third kappa shape index (κ3) is 2.19. The first-order chi connectivity index (χ1) is 9.15. The molecule has 0 saturated carbocycles. The van der Waals surface area contributed by atoms with E-state index in [9.17, 15) is 4.79 Å². The monoisotopic (exact) mass is 261 g/mol. The van der Waals surface area contributed by atoms with Crippen LogP contribution in [0.15, 0.2) is 17.1 Å². The second-order valence-electron chi connectivity index (χ2n) is 4.79. The van der Waals surface area contributed by atoms with Gasteiger partial charge in [-0.3, -0.25) is 9.69 Å². The van der Waals surface area contributed by atoms with Gasteiger partial charge in [0.25, 0.3) is 11.4 Å². The lowest BCUT2D eigenvalue weighted by atomic mass is 10.2. The van der Waals surface area contributed by atoms with E-state index < -0.39 is 0 Å². The largest absolute Gasteiger partial charge is 0.373 e. The number of hydrogen-bond donors (Lipinski definition) is 1. The number of aromatic nitrogens is 3. The van der Waals surface area contributed by atoms with Crippen LogP contribution in [0.4, 0.5) is 5.82 Å². The van der Waals surface area contributed by atoms with Crippen molar-refractivity contribution in [2.45, 2.75) is 6.92 Å². The Morgan fingerprint density at radius 2 is 2.16 bits per heavy atom. The zero-order valence-electron chi connectivity index (χ0n) is 11.1. The number of ether oxygens (including phenoxy) is 1. The van der Waals surface area contributed by atoms with Crippen LogP contribution in [-0.2, 0) is 11.8 Å². The Balaban J connectivity index is 2.15. The summed E-state index contributed by atoms with van der Waals surface area (Å²) in [6, 6.07) is 1.91. The summed E-state index contributed by atoms with van der Waals surface area (Å²) < 4.78 is 7.37. The number of aryl methyl sites for hydroxylation is 2. The molecule has 1 saturated heterocycles. The number of aromatic amines is 1. The summed E-state index contributed by atoms with van der Waals surface area (Å²) in [5.41, 5.74) is 0.637. The summed E-state index contributed by atoms with van der Waals surface area (Å²) in [4.78, 5) is 21.3.